The van der Waals surface area contributed by atoms with Crippen LogP contribution in [0.15, 0.2) is 17.2 Å². The summed E-state index contributed by atoms with van der Waals surface area (Å²) < 4.78 is 5.09. The lowest BCUT2D eigenvalue weighted by molar-refractivity contribution is 0.0954. The summed E-state index contributed by atoms with van der Waals surface area (Å²) in [6.45, 7) is 11.7. The molecule has 4 nitrogen and oxygen atoms in total. The van der Waals surface area contributed by atoms with Crippen LogP contribution in [0, 0.1) is 6.92 Å². The van der Waals surface area contributed by atoms with Gasteiger partial charge in [0.25, 0.3) is 5.91 Å². The Hall–Kier alpha value is -1.58. The van der Waals surface area contributed by atoms with Crippen molar-refractivity contribution >= 4 is 5.91 Å². The van der Waals surface area contributed by atoms with Gasteiger partial charge in [0.15, 0.2) is 0 Å². The van der Waals surface area contributed by atoms with Crippen LogP contribution in [0.1, 0.15) is 42.6 Å². The predicted octanol–water partition coefficient (Wildman–Crippen LogP) is 2.20. The molecule has 0 bridgehead atoms. The maximum atomic E-state index is 11.9. The summed E-state index contributed by atoms with van der Waals surface area (Å²) >= 11 is 0. The molecule has 0 spiro atoms. The highest BCUT2D eigenvalue weighted by atomic mass is 16.5. The van der Waals surface area contributed by atoms with Crippen molar-refractivity contribution in [1.29, 1.82) is 0 Å². The minimum Gasteiger partial charge on any atom is -0.361 e. The van der Waals surface area contributed by atoms with Gasteiger partial charge in [-0.1, -0.05) is 32.0 Å². The summed E-state index contributed by atoms with van der Waals surface area (Å²) in [4.78, 5) is 11.9. The van der Waals surface area contributed by atoms with Gasteiger partial charge in [-0.25, -0.2) is 0 Å². The molecular formula is C12H18N2O2. The third kappa shape index (κ3) is 2.51. The van der Waals surface area contributed by atoms with Crippen molar-refractivity contribution in [3.63, 3.8) is 0 Å². The van der Waals surface area contributed by atoms with Gasteiger partial charge in [0.1, 0.15) is 17.0 Å². The molecule has 0 aliphatic carbocycles. The maximum absolute atomic E-state index is 11.9. The zero-order valence-electron chi connectivity index (χ0n) is 10.3. The molecule has 1 aromatic rings. The molecule has 0 aromatic carbocycles. The second-order valence-electron chi connectivity index (χ2n) is 4.71. The molecule has 88 valence electrons. The maximum Gasteiger partial charge on any atom is 0.257 e. The summed E-state index contributed by atoms with van der Waals surface area (Å²) in [5.74, 6) is 0.384. The van der Waals surface area contributed by atoms with E-state index in [0.717, 1.165) is 0 Å². The van der Waals surface area contributed by atoms with Crippen LogP contribution in [0.25, 0.3) is 0 Å². The fourth-order valence-electron chi connectivity index (χ4n) is 1.40. The number of hydrogen-bond donors (Lipinski definition) is 1. The normalized spacial score (nSPS) is 11.2. The van der Waals surface area contributed by atoms with Gasteiger partial charge >= 0.3 is 0 Å². The van der Waals surface area contributed by atoms with E-state index >= 15 is 0 Å². The second kappa shape index (κ2) is 4.51. The summed E-state index contributed by atoms with van der Waals surface area (Å²) in [6.07, 6.45) is 1.64. The van der Waals surface area contributed by atoms with E-state index in [2.05, 4.69) is 17.1 Å². The average molecular weight is 222 g/mol. The first-order valence-corrected chi connectivity index (χ1v) is 5.23. The van der Waals surface area contributed by atoms with Crippen LogP contribution in [-0.4, -0.2) is 17.6 Å². The van der Waals surface area contributed by atoms with Crippen LogP contribution < -0.4 is 5.32 Å². The summed E-state index contributed by atoms with van der Waals surface area (Å²) in [6, 6.07) is 0. The molecule has 0 saturated heterocycles. The van der Waals surface area contributed by atoms with Crippen molar-refractivity contribution in [2.75, 3.05) is 6.54 Å². The molecule has 1 N–H and O–H groups in total. The summed E-state index contributed by atoms with van der Waals surface area (Å²) in [5, 5.41) is 6.69. The van der Waals surface area contributed by atoms with E-state index in [4.69, 9.17) is 4.52 Å². The number of amides is 1. The first-order chi connectivity index (χ1) is 7.38. The molecule has 0 saturated carbocycles. The number of carbonyl (C=O) groups is 1. The van der Waals surface area contributed by atoms with E-state index in [0.29, 0.717) is 23.6 Å². The van der Waals surface area contributed by atoms with Crippen molar-refractivity contribution in [3.8, 4) is 0 Å². The molecule has 0 atom stereocenters. The van der Waals surface area contributed by atoms with Gasteiger partial charge in [0.05, 0.1) is 0 Å². The third-order valence-corrected chi connectivity index (χ3v) is 2.21. The Morgan fingerprint density at radius 1 is 1.56 bits per heavy atom. The molecule has 0 aliphatic rings. The SMILES string of the molecule is C=CCNC(=O)c1c(C(C)(C)C)noc1C. The van der Waals surface area contributed by atoms with Gasteiger partial charge in [0, 0.05) is 12.0 Å². The average Bonchev–Trinajstić information content (AvgIpc) is 2.56. The minimum atomic E-state index is -0.210. The highest BCUT2D eigenvalue weighted by Crippen LogP contribution is 2.26. The highest BCUT2D eigenvalue weighted by molar-refractivity contribution is 5.96. The fraction of sp³-hybridized carbons (Fsp3) is 0.500. The summed E-state index contributed by atoms with van der Waals surface area (Å²) in [5.41, 5.74) is 1.01. The Balaban J connectivity index is 3.07. The number of nitrogens with zero attached hydrogens (tertiary/aromatic N) is 1. The van der Waals surface area contributed by atoms with E-state index in [1.54, 1.807) is 13.0 Å². The smallest absolute Gasteiger partial charge is 0.257 e. The lowest BCUT2D eigenvalue weighted by Crippen LogP contribution is -2.27. The highest BCUT2D eigenvalue weighted by Gasteiger charge is 2.28. The Bertz CT molecular complexity index is 400. The van der Waals surface area contributed by atoms with Crippen molar-refractivity contribution in [3.05, 3.63) is 29.7 Å². The molecule has 0 radical (unpaired) electrons. The Morgan fingerprint density at radius 2 is 2.19 bits per heavy atom. The zero-order valence-corrected chi connectivity index (χ0v) is 10.3. The van der Waals surface area contributed by atoms with Crippen LogP contribution in [-0.2, 0) is 5.41 Å². The number of aryl methyl sites for hydroxylation is 1. The van der Waals surface area contributed by atoms with Gasteiger partial charge in [-0.3, -0.25) is 4.79 Å². The van der Waals surface area contributed by atoms with Crippen molar-refractivity contribution in [1.82, 2.24) is 10.5 Å². The van der Waals surface area contributed by atoms with Crippen LogP contribution in [0.4, 0.5) is 0 Å². The van der Waals surface area contributed by atoms with Gasteiger partial charge in [0.2, 0.25) is 0 Å². The van der Waals surface area contributed by atoms with E-state index in [1.165, 1.54) is 0 Å². The largest absolute Gasteiger partial charge is 0.361 e. The molecule has 1 heterocycles. The van der Waals surface area contributed by atoms with E-state index in [-0.39, 0.29) is 11.3 Å². The Kier molecular flexibility index (Phi) is 3.52. The van der Waals surface area contributed by atoms with Crippen LogP contribution in [0.2, 0.25) is 0 Å². The molecule has 1 rings (SSSR count). The molecule has 0 fully saturated rings. The van der Waals surface area contributed by atoms with E-state index in [9.17, 15) is 4.79 Å². The van der Waals surface area contributed by atoms with Crippen molar-refractivity contribution in [2.45, 2.75) is 33.1 Å². The Labute approximate surface area is 95.7 Å². The first-order valence-electron chi connectivity index (χ1n) is 5.23. The number of aromatic nitrogens is 1. The molecule has 0 aliphatic heterocycles. The number of rotatable bonds is 3. The Morgan fingerprint density at radius 3 is 2.69 bits per heavy atom. The van der Waals surface area contributed by atoms with E-state index < -0.39 is 0 Å². The van der Waals surface area contributed by atoms with Crippen LogP contribution in [0.5, 0.6) is 0 Å². The quantitative estimate of drug-likeness (QED) is 0.798. The molecule has 16 heavy (non-hydrogen) atoms. The van der Waals surface area contributed by atoms with Crippen molar-refractivity contribution in [2.24, 2.45) is 0 Å². The van der Waals surface area contributed by atoms with Crippen LogP contribution in [0.3, 0.4) is 0 Å². The predicted molar refractivity (Wildman–Crippen MR) is 62.5 cm³/mol. The summed E-state index contributed by atoms with van der Waals surface area (Å²) in [7, 11) is 0. The number of carbonyl (C=O) groups excluding carboxylic acids is 1. The lowest BCUT2D eigenvalue weighted by atomic mass is 9.88. The molecule has 1 amide bonds. The van der Waals surface area contributed by atoms with E-state index in [1.807, 2.05) is 20.8 Å². The van der Waals surface area contributed by atoms with Gasteiger partial charge in [-0.05, 0) is 6.92 Å². The topological polar surface area (TPSA) is 55.1 Å². The monoisotopic (exact) mass is 222 g/mol. The third-order valence-electron chi connectivity index (χ3n) is 2.21. The molecular weight excluding hydrogens is 204 g/mol. The second-order valence-corrected chi connectivity index (χ2v) is 4.71. The van der Waals surface area contributed by atoms with Gasteiger partial charge in [-0.2, -0.15) is 0 Å². The first kappa shape index (κ1) is 12.5. The molecule has 0 unspecified atom stereocenters. The molecule has 4 heteroatoms. The van der Waals surface area contributed by atoms with Gasteiger partial charge in [-0.15, -0.1) is 6.58 Å². The molecule has 1 aromatic heterocycles. The van der Waals surface area contributed by atoms with Crippen molar-refractivity contribution < 1.29 is 9.32 Å². The fourth-order valence-corrected chi connectivity index (χ4v) is 1.40. The van der Waals surface area contributed by atoms with Gasteiger partial charge < -0.3 is 9.84 Å². The minimum absolute atomic E-state index is 0.163. The standard InChI is InChI=1S/C12H18N2O2/c1-6-7-13-11(15)9-8(2)16-14-10(9)12(3,4)5/h6H,1,7H2,2-5H3,(H,13,15). The van der Waals surface area contributed by atoms with Crippen LogP contribution >= 0.6 is 0 Å². The zero-order chi connectivity index (χ0) is 12.3. The number of nitrogens with one attached hydrogen (secondary N) is 1. The number of hydrogen-bond acceptors (Lipinski definition) is 3. The lowest BCUT2D eigenvalue weighted by Gasteiger charge is -2.16.